The molecule has 0 heteroatoms. The molecular weight excluding hydrogens is 312 g/mol. The van der Waals surface area contributed by atoms with Gasteiger partial charge in [0.25, 0.3) is 0 Å². The Bertz CT molecular complexity index is 428. The SMILES string of the molecule is CCCCC1CCC(C2CCC(C#CC3CCC(CC)CC3)CC2)CC1. The largest absolute Gasteiger partial charge is 0.0996 e. The van der Waals surface area contributed by atoms with Crippen molar-refractivity contribution < 1.29 is 0 Å². The summed E-state index contributed by atoms with van der Waals surface area (Å²) in [5.41, 5.74) is 0. The Kier molecular flexibility index (Phi) is 8.42. The molecule has 0 atom stereocenters. The van der Waals surface area contributed by atoms with Gasteiger partial charge in [-0.2, -0.15) is 0 Å². The normalized spacial score (nSPS) is 38.4. The minimum absolute atomic E-state index is 0.730. The van der Waals surface area contributed by atoms with Crippen molar-refractivity contribution in [3.05, 3.63) is 0 Å². The van der Waals surface area contributed by atoms with E-state index in [0.717, 1.165) is 35.5 Å². The lowest BCUT2D eigenvalue weighted by Gasteiger charge is -2.37. The van der Waals surface area contributed by atoms with Gasteiger partial charge in [0, 0.05) is 11.8 Å². The Balaban J connectivity index is 1.34. The summed E-state index contributed by atoms with van der Waals surface area (Å²) in [7, 11) is 0. The van der Waals surface area contributed by atoms with Gasteiger partial charge in [0.2, 0.25) is 0 Å². The Hall–Kier alpha value is -0.440. The molecular formula is C26H44. The lowest BCUT2D eigenvalue weighted by Crippen LogP contribution is -2.25. The number of rotatable bonds is 5. The Morgan fingerprint density at radius 2 is 1.04 bits per heavy atom. The van der Waals surface area contributed by atoms with E-state index in [1.54, 1.807) is 0 Å². The quantitative estimate of drug-likeness (QED) is 0.437. The topological polar surface area (TPSA) is 0 Å². The summed E-state index contributed by atoms with van der Waals surface area (Å²) in [6.07, 6.45) is 23.2. The van der Waals surface area contributed by atoms with E-state index in [-0.39, 0.29) is 0 Å². The van der Waals surface area contributed by atoms with E-state index in [2.05, 4.69) is 25.7 Å². The second-order valence-electron chi connectivity index (χ2n) is 9.95. The van der Waals surface area contributed by atoms with Crippen LogP contribution in [0.3, 0.4) is 0 Å². The van der Waals surface area contributed by atoms with Crippen LogP contribution in [0, 0.1) is 47.3 Å². The van der Waals surface area contributed by atoms with Gasteiger partial charge in [-0.1, -0.05) is 64.2 Å². The summed E-state index contributed by atoms with van der Waals surface area (Å²) in [6.45, 7) is 4.69. The average Bonchev–Trinajstić information content (AvgIpc) is 2.72. The first kappa shape index (κ1) is 20.3. The van der Waals surface area contributed by atoms with Crippen LogP contribution in [0.15, 0.2) is 0 Å². The van der Waals surface area contributed by atoms with Gasteiger partial charge in [0.15, 0.2) is 0 Å². The van der Waals surface area contributed by atoms with Crippen molar-refractivity contribution in [2.75, 3.05) is 0 Å². The number of hydrogen-bond donors (Lipinski definition) is 0. The zero-order valence-corrected chi connectivity index (χ0v) is 17.8. The summed E-state index contributed by atoms with van der Waals surface area (Å²) in [5.74, 6) is 13.1. The Morgan fingerprint density at radius 1 is 0.577 bits per heavy atom. The monoisotopic (exact) mass is 356 g/mol. The van der Waals surface area contributed by atoms with E-state index < -0.39 is 0 Å². The highest BCUT2D eigenvalue weighted by atomic mass is 14.4. The van der Waals surface area contributed by atoms with Crippen molar-refractivity contribution in [3.8, 4) is 11.8 Å². The Labute approximate surface area is 164 Å². The third-order valence-electron chi connectivity index (χ3n) is 8.21. The maximum atomic E-state index is 3.73. The van der Waals surface area contributed by atoms with Crippen LogP contribution >= 0.6 is 0 Å². The maximum absolute atomic E-state index is 3.73. The van der Waals surface area contributed by atoms with Gasteiger partial charge >= 0.3 is 0 Å². The van der Waals surface area contributed by atoms with Crippen LogP contribution in [-0.4, -0.2) is 0 Å². The maximum Gasteiger partial charge on any atom is 0.0203 e. The standard InChI is InChI=1S/C26H44/c1-3-5-6-22-13-17-25(18-14-22)26-19-15-24(16-20-26)12-11-23-9-7-21(4-2)8-10-23/h21-26H,3-10,13-20H2,1-2H3. The molecule has 0 aromatic rings. The molecule has 0 aliphatic heterocycles. The Morgan fingerprint density at radius 3 is 1.54 bits per heavy atom. The predicted molar refractivity (Wildman–Crippen MR) is 114 cm³/mol. The molecule has 3 aliphatic carbocycles. The molecule has 0 amide bonds. The van der Waals surface area contributed by atoms with E-state index in [4.69, 9.17) is 0 Å². The van der Waals surface area contributed by atoms with Crippen molar-refractivity contribution >= 4 is 0 Å². The van der Waals surface area contributed by atoms with E-state index in [9.17, 15) is 0 Å². The fraction of sp³-hybridized carbons (Fsp3) is 0.923. The highest BCUT2D eigenvalue weighted by Gasteiger charge is 2.30. The molecule has 0 nitrogen and oxygen atoms in total. The first-order valence-electron chi connectivity index (χ1n) is 12.3. The van der Waals surface area contributed by atoms with E-state index in [0.29, 0.717) is 0 Å². The van der Waals surface area contributed by atoms with Gasteiger partial charge in [-0.3, -0.25) is 0 Å². The van der Waals surface area contributed by atoms with E-state index >= 15 is 0 Å². The second-order valence-corrected chi connectivity index (χ2v) is 9.95. The molecule has 0 aromatic carbocycles. The van der Waals surface area contributed by atoms with Gasteiger partial charge in [0.05, 0.1) is 0 Å². The minimum Gasteiger partial charge on any atom is -0.0996 e. The van der Waals surface area contributed by atoms with Crippen LogP contribution in [-0.2, 0) is 0 Å². The molecule has 0 aromatic heterocycles. The molecule has 0 unspecified atom stereocenters. The second kappa shape index (κ2) is 10.8. The molecule has 148 valence electrons. The number of unbranched alkanes of at least 4 members (excludes halogenated alkanes) is 1. The van der Waals surface area contributed by atoms with Crippen LogP contribution in [0.1, 0.15) is 117 Å². The first-order chi connectivity index (χ1) is 12.8. The zero-order valence-electron chi connectivity index (χ0n) is 17.8. The first-order valence-corrected chi connectivity index (χ1v) is 12.3. The third-order valence-corrected chi connectivity index (χ3v) is 8.21. The van der Waals surface area contributed by atoms with Crippen molar-refractivity contribution in [2.24, 2.45) is 35.5 Å². The summed E-state index contributed by atoms with van der Waals surface area (Å²) >= 11 is 0. The van der Waals surface area contributed by atoms with E-state index in [1.807, 2.05) is 0 Å². The molecule has 3 aliphatic rings. The van der Waals surface area contributed by atoms with Gasteiger partial charge < -0.3 is 0 Å². The lowest BCUT2D eigenvalue weighted by atomic mass is 9.68. The van der Waals surface area contributed by atoms with Gasteiger partial charge in [0.1, 0.15) is 0 Å². The highest BCUT2D eigenvalue weighted by molar-refractivity contribution is 5.09. The summed E-state index contributed by atoms with van der Waals surface area (Å²) < 4.78 is 0. The summed E-state index contributed by atoms with van der Waals surface area (Å²) in [4.78, 5) is 0. The average molecular weight is 357 g/mol. The van der Waals surface area contributed by atoms with Crippen molar-refractivity contribution in [3.63, 3.8) is 0 Å². The van der Waals surface area contributed by atoms with Crippen LogP contribution in [0.5, 0.6) is 0 Å². The molecule has 0 N–H and O–H groups in total. The zero-order chi connectivity index (χ0) is 18.2. The lowest BCUT2D eigenvalue weighted by molar-refractivity contribution is 0.153. The van der Waals surface area contributed by atoms with Crippen LogP contribution < -0.4 is 0 Å². The van der Waals surface area contributed by atoms with Gasteiger partial charge in [-0.15, -0.1) is 0 Å². The van der Waals surface area contributed by atoms with Crippen molar-refractivity contribution in [2.45, 2.75) is 117 Å². The smallest absolute Gasteiger partial charge is 0.0203 e. The molecule has 0 saturated heterocycles. The summed E-state index contributed by atoms with van der Waals surface area (Å²) in [5, 5.41) is 0. The molecule has 3 fully saturated rings. The van der Waals surface area contributed by atoms with Crippen LogP contribution in [0.4, 0.5) is 0 Å². The van der Waals surface area contributed by atoms with Crippen LogP contribution in [0.25, 0.3) is 0 Å². The van der Waals surface area contributed by atoms with Gasteiger partial charge in [-0.05, 0) is 87.9 Å². The molecule has 0 heterocycles. The molecule has 0 spiro atoms. The molecule has 26 heavy (non-hydrogen) atoms. The fourth-order valence-electron chi connectivity index (χ4n) is 6.13. The molecule has 3 rings (SSSR count). The van der Waals surface area contributed by atoms with Crippen molar-refractivity contribution in [1.29, 1.82) is 0 Å². The van der Waals surface area contributed by atoms with E-state index in [1.165, 1.54) is 103 Å². The molecule has 3 saturated carbocycles. The van der Waals surface area contributed by atoms with Crippen molar-refractivity contribution in [1.82, 2.24) is 0 Å². The molecule has 0 radical (unpaired) electrons. The fourth-order valence-corrected chi connectivity index (χ4v) is 6.13. The number of hydrogen-bond acceptors (Lipinski definition) is 0. The third kappa shape index (κ3) is 6.04. The summed E-state index contributed by atoms with van der Waals surface area (Å²) in [6, 6.07) is 0. The van der Waals surface area contributed by atoms with Gasteiger partial charge in [-0.25, -0.2) is 0 Å². The van der Waals surface area contributed by atoms with Crippen LogP contribution in [0.2, 0.25) is 0 Å². The molecule has 0 bridgehead atoms. The highest BCUT2D eigenvalue weighted by Crippen LogP contribution is 2.42. The predicted octanol–water partition coefficient (Wildman–Crippen LogP) is 8.01. The minimum atomic E-state index is 0.730.